The van der Waals surface area contributed by atoms with Gasteiger partial charge < -0.3 is 5.11 Å². The molecule has 1 atom stereocenters. The second-order valence-electron chi connectivity index (χ2n) is 3.38. The predicted octanol–water partition coefficient (Wildman–Crippen LogP) is 2.94. The van der Waals surface area contributed by atoms with E-state index >= 15 is 0 Å². The second kappa shape index (κ2) is 4.21. The van der Waals surface area contributed by atoms with E-state index < -0.39 is 12.0 Å². The minimum Gasteiger partial charge on any atom is -0.480 e. The Kier molecular flexibility index (Phi) is 3.07. The lowest BCUT2D eigenvalue weighted by atomic mass is 10.2. The third kappa shape index (κ3) is 1.78. The molecule has 0 fully saturated rings. The van der Waals surface area contributed by atoms with E-state index in [2.05, 4.69) is 27.7 Å². The molecule has 0 bridgehead atoms. The van der Waals surface area contributed by atoms with Gasteiger partial charge in [0, 0.05) is 0 Å². The molecule has 0 aliphatic carbocycles. The zero-order valence-corrected chi connectivity index (χ0v) is 11.2. The normalized spacial score (nSPS) is 12.9. The van der Waals surface area contributed by atoms with Gasteiger partial charge in [-0.3, -0.25) is 0 Å². The highest BCUT2D eigenvalue weighted by Crippen LogP contribution is 2.29. The molecule has 0 aliphatic heterocycles. The van der Waals surface area contributed by atoms with Crippen LogP contribution in [0.3, 0.4) is 0 Å². The molecule has 1 heterocycles. The van der Waals surface area contributed by atoms with Gasteiger partial charge in [0.05, 0.1) is 15.9 Å². The average molecular weight is 351 g/mol. The van der Waals surface area contributed by atoms with Crippen molar-refractivity contribution in [2.24, 2.45) is 0 Å². The largest absolute Gasteiger partial charge is 0.480 e. The van der Waals surface area contributed by atoms with E-state index in [9.17, 15) is 4.79 Å². The molecule has 1 aromatic heterocycles. The van der Waals surface area contributed by atoms with Crippen LogP contribution in [-0.2, 0) is 4.79 Å². The van der Waals surface area contributed by atoms with Crippen LogP contribution in [0.15, 0.2) is 18.2 Å². The zero-order chi connectivity index (χ0) is 11.9. The topological polar surface area (TPSA) is 55.1 Å². The maximum Gasteiger partial charge on any atom is 0.328 e. The number of halogens is 2. The summed E-state index contributed by atoms with van der Waals surface area (Å²) in [5.41, 5.74) is 0.742. The van der Waals surface area contributed by atoms with Crippen LogP contribution in [0.25, 0.3) is 10.9 Å². The van der Waals surface area contributed by atoms with Crippen molar-refractivity contribution in [3.8, 4) is 0 Å². The number of fused-ring (bicyclic) bond motifs is 1. The average Bonchev–Trinajstić information content (AvgIpc) is 2.56. The summed E-state index contributed by atoms with van der Waals surface area (Å²) in [4.78, 5) is 10.9. The Labute approximate surface area is 110 Å². The number of carboxylic acids is 1. The van der Waals surface area contributed by atoms with Gasteiger partial charge in [0.15, 0.2) is 0 Å². The summed E-state index contributed by atoms with van der Waals surface area (Å²) in [5.74, 6) is -0.916. The van der Waals surface area contributed by atoms with Crippen LogP contribution < -0.4 is 0 Å². The molecule has 84 valence electrons. The van der Waals surface area contributed by atoms with Gasteiger partial charge in [-0.05, 0) is 41.6 Å². The minimum atomic E-state index is -0.916. The first-order valence-corrected chi connectivity index (χ1v) is 6.03. The van der Waals surface area contributed by atoms with Crippen molar-refractivity contribution in [3.05, 3.63) is 26.9 Å². The van der Waals surface area contributed by atoms with Crippen LogP contribution in [0.2, 0.25) is 5.02 Å². The summed E-state index contributed by atoms with van der Waals surface area (Å²) in [6.45, 7) is 1.59. The number of aliphatic carboxylic acids is 1. The molecule has 1 aromatic carbocycles. The number of benzene rings is 1. The van der Waals surface area contributed by atoms with Gasteiger partial charge in [-0.2, -0.15) is 5.10 Å². The Morgan fingerprint density at radius 2 is 2.31 bits per heavy atom. The first-order chi connectivity index (χ1) is 7.52. The molecule has 0 aliphatic rings. The first-order valence-electron chi connectivity index (χ1n) is 4.57. The molecule has 2 aromatic rings. The summed E-state index contributed by atoms with van der Waals surface area (Å²) in [7, 11) is 0. The number of aromatic nitrogens is 2. The van der Waals surface area contributed by atoms with Crippen molar-refractivity contribution < 1.29 is 9.90 Å². The smallest absolute Gasteiger partial charge is 0.328 e. The summed E-state index contributed by atoms with van der Waals surface area (Å²) in [6, 6.07) is 4.66. The van der Waals surface area contributed by atoms with Crippen molar-refractivity contribution in [2.45, 2.75) is 13.0 Å². The van der Waals surface area contributed by atoms with Crippen molar-refractivity contribution in [3.63, 3.8) is 0 Å². The quantitative estimate of drug-likeness (QED) is 0.847. The maximum atomic E-state index is 10.9. The number of hydrogen-bond acceptors (Lipinski definition) is 2. The SMILES string of the molecule is CC(C(=O)O)n1nc(I)c2c(Cl)cccc21. The van der Waals surface area contributed by atoms with Crippen LogP contribution in [-0.4, -0.2) is 20.9 Å². The van der Waals surface area contributed by atoms with E-state index in [0.717, 1.165) is 10.9 Å². The number of nitrogens with zero attached hydrogens (tertiary/aromatic N) is 2. The highest BCUT2D eigenvalue weighted by atomic mass is 127. The molecule has 0 saturated heterocycles. The molecular formula is C10H8ClIN2O2. The van der Waals surface area contributed by atoms with Crippen molar-refractivity contribution in [1.29, 1.82) is 0 Å². The van der Waals surface area contributed by atoms with Gasteiger partial charge in [-0.25, -0.2) is 9.48 Å². The molecule has 0 spiro atoms. The Morgan fingerprint density at radius 1 is 1.62 bits per heavy atom. The third-order valence-electron chi connectivity index (χ3n) is 2.36. The van der Waals surface area contributed by atoms with Crippen LogP contribution in [0, 0.1) is 3.70 Å². The number of rotatable bonds is 2. The minimum absolute atomic E-state index is 0.589. The number of hydrogen-bond donors (Lipinski definition) is 1. The maximum absolute atomic E-state index is 10.9. The predicted molar refractivity (Wildman–Crippen MR) is 69.8 cm³/mol. The summed E-state index contributed by atoms with van der Waals surface area (Å²) >= 11 is 8.11. The molecule has 16 heavy (non-hydrogen) atoms. The molecule has 0 radical (unpaired) electrons. The van der Waals surface area contributed by atoms with Gasteiger partial charge in [-0.1, -0.05) is 17.7 Å². The lowest BCUT2D eigenvalue weighted by Crippen LogP contribution is -2.16. The Morgan fingerprint density at radius 3 is 2.94 bits per heavy atom. The highest BCUT2D eigenvalue weighted by molar-refractivity contribution is 14.1. The fourth-order valence-electron chi connectivity index (χ4n) is 1.51. The van der Waals surface area contributed by atoms with E-state index in [-0.39, 0.29) is 0 Å². The Balaban J connectivity index is 2.73. The monoisotopic (exact) mass is 350 g/mol. The molecule has 4 nitrogen and oxygen atoms in total. The van der Waals surface area contributed by atoms with Crippen molar-refractivity contribution in [1.82, 2.24) is 9.78 Å². The van der Waals surface area contributed by atoms with E-state index in [1.807, 2.05) is 6.07 Å². The summed E-state index contributed by atoms with van der Waals surface area (Å²) in [6.07, 6.45) is 0. The zero-order valence-electron chi connectivity index (χ0n) is 8.32. The molecule has 6 heteroatoms. The fraction of sp³-hybridized carbons (Fsp3) is 0.200. The Bertz CT molecular complexity index is 567. The van der Waals surface area contributed by atoms with Crippen LogP contribution >= 0.6 is 34.2 Å². The molecule has 1 unspecified atom stereocenters. The van der Waals surface area contributed by atoms with Crippen LogP contribution in [0.1, 0.15) is 13.0 Å². The van der Waals surface area contributed by atoms with Gasteiger partial charge in [-0.15, -0.1) is 0 Å². The summed E-state index contributed by atoms with van der Waals surface area (Å²) in [5, 5.41) is 14.6. The standard InChI is InChI=1S/C10H8ClIN2O2/c1-5(10(15)16)14-7-4-2-3-6(11)8(7)9(12)13-14/h2-5H,1H3,(H,15,16). The lowest BCUT2D eigenvalue weighted by molar-refractivity contribution is -0.140. The van der Waals surface area contributed by atoms with Crippen LogP contribution in [0.5, 0.6) is 0 Å². The lowest BCUT2D eigenvalue weighted by Gasteiger charge is -2.07. The summed E-state index contributed by atoms with van der Waals surface area (Å²) < 4.78 is 2.19. The first kappa shape index (κ1) is 11.7. The van der Waals surface area contributed by atoms with Crippen molar-refractivity contribution >= 4 is 51.1 Å². The third-order valence-corrected chi connectivity index (χ3v) is 3.43. The molecule has 0 saturated carbocycles. The molecular weight excluding hydrogens is 342 g/mol. The number of carboxylic acid groups (broad SMARTS) is 1. The van der Waals surface area contributed by atoms with Crippen LogP contribution in [0.4, 0.5) is 0 Å². The second-order valence-corrected chi connectivity index (χ2v) is 4.81. The van der Waals surface area contributed by atoms with E-state index in [0.29, 0.717) is 8.72 Å². The van der Waals surface area contributed by atoms with E-state index in [4.69, 9.17) is 16.7 Å². The van der Waals surface area contributed by atoms with Gasteiger partial charge >= 0.3 is 5.97 Å². The van der Waals surface area contributed by atoms with Gasteiger partial charge in [0.25, 0.3) is 0 Å². The Hall–Kier alpha value is -0.820. The molecule has 2 rings (SSSR count). The van der Waals surface area contributed by atoms with E-state index in [1.165, 1.54) is 4.68 Å². The molecule has 0 amide bonds. The van der Waals surface area contributed by atoms with Gasteiger partial charge in [0.1, 0.15) is 9.74 Å². The molecule has 1 N–H and O–H groups in total. The fourth-order valence-corrected chi connectivity index (χ4v) is 2.72. The number of carbonyl (C=O) groups is 1. The highest BCUT2D eigenvalue weighted by Gasteiger charge is 2.19. The van der Waals surface area contributed by atoms with Gasteiger partial charge in [0.2, 0.25) is 0 Å². The van der Waals surface area contributed by atoms with E-state index in [1.54, 1.807) is 19.1 Å². The van der Waals surface area contributed by atoms with Crippen molar-refractivity contribution in [2.75, 3.05) is 0 Å².